The normalized spacial score (nSPS) is 10.6. The Balaban J connectivity index is 1.47. The zero-order valence-electron chi connectivity index (χ0n) is 13.8. The van der Waals surface area contributed by atoms with E-state index in [0.717, 1.165) is 0 Å². The first kappa shape index (κ1) is 17.0. The van der Waals surface area contributed by atoms with Gasteiger partial charge in [0.25, 0.3) is 11.8 Å². The highest BCUT2D eigenvalue weighted by atomic mass is 79.9. The van der Waals surface area contributed by atoms with Crippen LogP contribution in [0.3, 0.4) is 0 Å². The molecular weight excluding hydrogens is 414 g/mol. The van der Waals surface area contributed by atoms with Crippen LogP contribution in [-0.4, -0.2) is 16.1 Å². The van der Waals surface area contributed by atoms with Crippen molar-refractivity contribution >= 4 is 27.9 Å². The molecule has 0 aliphatic rings. The number of aromatic nitrogens is 2. The van der Waals surface area contributed by atoms with Gasteiger partial charge in [-0.1, -0.05) is 29.4 Å². The first-order chi connectivity index (χ1) is 13.2. The lowest BCUT2D eigenvalue weighted by Crippen LogP contribution is -2.12. The summed E-state index contributed by atoms with van der Waals surface area (Å²) in [4.78, 5) is 12.4. The van der Waals surface area contributed by atoms with Crippen molar-refractivity contribution in [2.75, 3.05) is 5.32 Å². The van der Waals surface area contributed by atoms with E-state index in [1.165, 1.54) is 0 Å². The number of nitrogens with one attached hydrogen (secondary N) is 1. The lowest BCUT2D eigenvalue weighted by molar-refractivity contribution is 0.102. The Morgan fingerprint density at radius 3 is 2.52 bits per heavy atom. The summed E-state index contributed by atoms with van der Waals surface area (Å²) in [5.41, 5.74) is 0.393. The number of anilines is 1. The van der Waals surface area contributed by atoms with E-state index in [-0.39, 0.29) is 11.9 Å². The van der Waals surface area contributed by atoms with Gasteiger partial charge in [0, 0.05) is 5.56 Å². The summed E-state index contributed by atoms with van der Waals surface area (Å²) in [6.07, 6.45) is 0. The third-order valence-corrected chi connectivity index (χ3v) is 3.93. The fraction of sp³-hybridized carbons (Fsp3) is 0. The topological polar surface area (TPSA) is 90.4 Å². The Kier molecular flexibility index (Phi) is 4.71. The second-order valence-corrected chi connectivity index (χ2v) is 6.19. The number of amides is 1. The predicted molar refractivity (Wildman–Crippen MR) is 101 cm³/mol. The molecule has 0 aliphatic heterocycles. The van der Waals surface area contributed by atoms with E-state index in [1.54, 1.807) is 36.4 Å². The van der Waals surface area contributed by atoms with Gasteiger partial charge in [-0.05, 0) is 58.4 Å². The Hall–Kier alpha value is -3.39. The number of carbonyl (C=O) groups is 1. The lowest BCUT2D eigenvalue weighted by atomic mass is 10.2. The molecule has 0 unspecified atom stereocenters. The quantitative estimate of drug-likeness (QED) is 0.476. The molecule has 8 heteroatoms. The highest BCUT2D eigenvalue weighted by molar-refractivity contribution is 9.10. The molecule has 4 aromatic rings. The van der Waals surface area contributed by atoms with Gasteiger partial charge in [0.1, 0.15) is 11.5 Å². The lowest BCUT2D eigenvalue weighted by Gasteiger charge is -2.07. The number of furan rings is 1. The third kappa shape index (κ3) is 4.06. The maximum Gasteiger partial charge on any atom is 0.322 e. The molecule has 134 valence electrons. The largest absolute Gasteiger partial charge is 0.457 e. The summed E-state index contributed by atoms with van der Waals surface area (Å²) >= 11 is 3.20. The van der Waals surface area contributed by atoms with Gasteiger partial charge in [-0.2, -0.15) is 0 Å². The summed E-state index contributed by atoms with van der Waals surface area (Å²) in [6, 6.07) is 19.4. The molecule has 2 aromatic carbocycles. The highest BCUT2D eigenvalue weighted by Gasteiger charge is 2.15. The van der Waals surface area contributed by atoms with Crippen LogP contribution in [0, 0.1) is 0 Å². The molecule has 1 amide bonds. The Morgan fingerprint density at radius 2 is 1.74 bits per heavy atom. The molecule has 7 nitrogen and oxygen atoms in total. The molecule has 27 heavy (non-hydrogen) atoms. The molecule has 0 aliphatic carbocycles. The minimum atomic E-state index is -0.399. The van der Waals surface area contributed by atoms with Crippen molar-refractivity contribution in [2.24, 2.45) is 0 Å². The maximum atomic E-state index is 12.4. The van der Waals surface area contributed by atoms with E-state index in [0.29, 0.717) is 27.5 Å². The second kappa shape index (κ2) is 7.46. The fourth-order valence-electron chi connectivity index (χ4n) is 2.30. The van der Waals surface area contributed by atoms with E-state index >= 15 is 0 Å². The number of para-hydroxylation sites is 1. The molecule has 1 N–H and O–H groups in total. The van der Waals surface area contributed by atoms with Crippen LogP contribution in [0.4, 0.5) is 6.01 Å². The second-order valence-electron chi connectivity index (χ2n) is 5.41. The number of halogens is 1. The summed E-state index contributed by atoms with van der Waals surface area (Å²) in [7, 11) is 0. The third-order valence-electron chi connectivity index (χ3n) is 3.50. The van der Waals surface area contributed by atoms with Crippen LogP contribution in [0.5, 0.6) is 11.5 Å². The van der Waals surface area contributed by atoms with E-state index < -0.39 is 5.91 Å². The molecule has 0 atom stereocenters. The van der Waals surface area contributed by atoms with Crippen molar-refractivity contribution < 1.29 is 18.4 Å². The van der Waals surface area contributed by atoms with Gasteiger partial charge in [0.05, 0.1) is 0 Å². The van der Waals surface area contributed by atoms with Crippen LogP contribution in [0.25, 0.3) is 11.7 Å². The molecule has 0 bridgehead atoms. The first-order valence-electron chi connectivity index (χ1n) is 7.91. The van der Waals surface area contributed by atoms with Crippen LogP contribution in [0.2, 0.25) is 0 Å². The number of carbonyl (C=O) groups excluding carboxylic acids is 1. The van der Waals surface area contributed by atoms with Gasteiger partial charge in [-0.15, -0.1) is 5.10 Å². The zero-order chi connectivity index (χ0) is 18.6. The average molecular weight is 426 g/mol. The average Bonchev–Trinajstić information content (AvgIpc) is 3.32. The SMILES string of the molecule is O=C(Nc1nnc(-c2ccc(Br)o2)o1)c1cccc(Oc2ccccc2)c1. The molecular formula is C19H12BrN3O4. The van der Waals surface area contributed by atoms with Crippen molar-refractivity contribution in [3.63, 3.8) is 0 Å². The van der Waals surface area contributed by atoms with Gasteiger partial charge >= 0.3 is 6.01 Å². The number of hydrogen-bond donors (Lipinski definition) is 1. The van der Waals surface area contributed by atoms with Crippen molar-refractivity contribution in [3.05, 3.63) is 77.0 Å². The van der Waals surface area contributed by atoms with Crippen molar-refractivity contribution in [3.8, 4) is 23.1 Å². The number of ether oxygens (including phenoxy) is 1. The van der Waals surface area contributed by atoms with E-state index in [2.05, 4.69) is 31.4 Å². The Morgan fingerprint density at radius 1 is 0.926 bits per heavy atom. The number of rotatable bonds is 5. The molecule has 0 saturated heterocycles. The fourth-order valence-corrected chi connectivity index (χ4v) is 2.60. The molecule has 2 heterocycles. The van der Waals surface area contributed by atoms with Gasteiger partial charge in [-0.25, -0.2) is 0 Å². The van der Waals surface area contributed by atoms with Gasteiger partial charge in [0.15, 0.2) is 10.4 Å². The molecule has 0 saturated carbocycles. The number of hydrogen-bond acceptors (Lipinski definition) is 6. The Bertz CT molecular complexity index is 1080. The van der Waals surface area contributed by atoms with Crippen molar-refractivity contribution in [2.45, 2.75) is 0 Å². The molecule has 2 aromatic heterocycles. The predicted octanol–water partition coefficient (Wildman–Crippen LogP) is 5.14. The minimum Gasteiger partial charge on any atom is -0.457 e. The van der Waals surface area contributed by atoms with Gasteiger partial charge < -0.3 is 13.6 Å². The zero-order valence-corrected chi connectivity index (χ0v) is 15.3. The summed E-state index contributed by atoms with van der Waals surface area (Å²) < 4.78 is 17.0. The van der Waals surface area contributed by atoms with Crippen LogP contribution >= 0.6 is 15.9 Å². The van der Waals surface area contributed by atoms with E-state index in [9.17, 15) is 4.79 Å². The Labute approximate surface area is 162 Å². The molecule has 0 radical (unpaired) electrons. The summed E-state index contributed by atoms with van der Waals surface area (Å²) in [5.74, 6) is 1.39. The molecule has 4 rings (SSSR count). The van der Waals surface area contributed by atoms with Gasteiger partial charge in [-0.3, -0.25) is 10.1 Å². The number of nitrogens with zero attached hydrogens (tertiary/aromatic N) is 2. The van der Waals surface area contributed by atoms with Crippen LogP contribution in [0.1, 0.15) is 10.4 Å². The maximum absolute atomic E-state index is 12.4. The van der Waals surface area contributed by atoms with Crippen molar-refractivity contribution in [1.29, 1.82) is 0 Å². The minimum absolute atomic E-state index is 0.0306. The van der Waals surface area contributed by atoms with Crippen LogP contribution in [-0.2, 0) is 0 Å². The smallest absolute Gasteiger partial charge is 0.322 e. The highest BCUT2D eigenvalue weighted by Crippen LogP contribution is 2.25. The van der Waals surface area contributed by atoms with Gasteiger partial charge in [0.2, 0.25) is 0 Å². The first-order valence-corrected chi connectivity index (χ1v) is 8.70. The molecule has 0 fully saturated rings. The molecule has 0 spiro atoms. The summed E-state index contributed by atoms with van der Waals surface area (Å²) in [6.45, 7) is 0. The van der Waals surface area contributed by atoms with Crippen LogP contribution in [0.15, 0.2) is 80.2 Å². The van der Waals surface area contributed by atoms with E-state index in [1.807, 2.05) is 30.3 Å². The summed E-state index contributed by atoms with van der Waals surface area (Å²) in [5, 5.41) is 10.2. The standard InChI is InChI=1S/C19H12BrN3O4/c20-16-10-9-15(26-16)18-22-23-19(27-18)21-17(24)12-5-4-8-14(11-12)25-13-6-2-1-3-7-13/h1-11H,(H,21,23,24). The number of benzene rings is 2. The monoisotopic (exact) mass is 425 g/mol. The van der Waals surface area contributed by atoms with E-state index in [4.69, 9.17) is 13.6 Å². The van der Waals surface area contributed by atoms with Crippen molar-refractivity contribution in [1.82, 2.24) is 10.2 Å². The van der Waals surface area contributed by atoms with Crippen LogP contribution < -0.4 is 10.1 Å².